The molecule has 4 nitrogen and oxygen atoms in total. The molecule has 1 aromatic carbocycles. The summed E-state index contributed by atoms with van der Waals surface area (Å²) < 4.78 is 27.8. The number of rotatable bonds is 6. The highest BCUT2D eigenvalue weighted by Crippen LogP contribution is 2.24. The van der Waals surface area contributed by atoms with Crippen LogP contribution in [-0.4, -0.2) is 27.5 Å². The summed E-state index contributed by atoms with van der Waals surface area (Å²) in [7, 11) is -1.44. The molecule has 1 rings (SSSR count). The van der Waals surface area contributed by atoms with E-state index in [-0.39, 0.29) is 5.75 Å². The molecule has 5 heteroatoms. The van der Waals surface area contributed by atoms with Crippen LogP contribution in [0.4, 0.5) is 0 Å². The Morgan fingerprint density at radius 3 is 2.56 bits per heavy atom. The van der Waals surface area contributed by atoms with Crippen LogP contribution in [-0.2, 0) is 16.3 Å². The molecule has 0 spiro atoms. The van der Waals surface area contributed by atoms with E-state index in [1.54, 1.807) is 7.11 Å². The predicted octanol–water partition coefficient (Wildman–Crippen LogP) is 1.69. The standard InChI is InChI=1S/C13H21NO3S/c1-4-5-11-8-10(6-7-13(11)17-2)12(14)9-18(3,15)16/h6-8,12H,4-5,9,14H2,1-3H3/t12-/m1/s1. The second-order valence-corrected chi connectivity index (χ2v) is 6.71. The predicted molar refractivity (Wildman–Crippen MR) is 73.6 cm³/mol. The first-order chi connectivity index (χ1) is 8.37. The molecule has 0 amide bonds. The van der Waals surface area contributed by atoms with Gasteiger partial charge in [0, 0.05) is 12.3 Å². The Kier molecular flexibility index (Phi) is 5.16. The van der Waals surface area contributed by atoms with Gasteiger partial charge >= 0.3 is 0 Å². The molecule has 18 heavy (non-hydrogen) atoms. The first kappa shape index (κ1) is 15.0. The van der Waals surface area contributed by atoms with Crippen molar-refractivity contribution in [3.63, 3.8) is 0 Å². The van der Waals surface area contributed by atoms with E-state index in [1.165, 1.54) is 6.26 Å². The van der Waals surface area contributed by atoms with Gasteiger partial charge in [0.25, 0.3) is 0 Å². The van der Waals surface area contributed by atoms with E-state index in [0.717, 1.165) is 29.7 Å². The second-order valence-electron chi connectivity index (χ2n) is 4.52. The van der Waals surface area contributed by atoms with Crippen LogP contribution in [0.5, 0.6) is 5.75 Å². The molecule has 0 aliphatic carbocycles. The molecule has 0 heterocycles. The summed E-state index contributed by atoms with van der Waals surface area (Å²) in [6, 6.07) is 5.13. The van der Waals surface area contributed by atoms with E-state index in [0.29, 0.717) is 0 Å². The Bertz CT molecular complexity index is 497. The minimum Gasteiger partial charge on any atom is -0.496 e. The average molecular weight is 271 g/mol. The maximum Gasteiger partial charge on any atom is 0.149 e. The third-order valence-electron chi connectivity index (χ3n) is 2.73. The number of hydrogen-bond acceptors (Lipinski definition) is 4. The zero-order valence-corrected chi connectivity index (χ0v) is 12.0. The van der Waals surface area contributed by atoms with E-state index < -0.39 is 15.9 Å². The van der Waals surface area contributed by atoms with Crippen molar-refractivity contribution in [3.8, 4) is 5.75 Å². The van der Waals surface area contributed by atoms with Gasteiger partial charge in [0.1, 0.15) is 15.6 Å². The van der Waals surface area contributed by atoms with Gasteiger partial charge in [-0.25, -0.2) is 8.42 Å². The number of benzene rings is 1. The SMILES string of the molecule is CCCc1cc([C@H](N)CS(C)(=O)=O)ccc1OC. The van der Waals surface area contributed by atoms with Crippen molar-refractivity contribution in [1.29, 1.82) is 0 Å². The normalized spacial score (nSPS) is 13.3. The van der Waals surface area contributed by atoms with Gasteiger partial charge < -0.3 is 10.5 Å². The van der Waals surface area contributed by atoms with Crippen LogP contribution in [0, 0.1) is 0 Å². The van der Waals surface area contributed by atoms with Gasteiger partial charge in [0.2, 0.25) is 0 Å². The number of aryl methyl sites for hydroxylation is 1. The molecule has 102 valence electrons. The van der Waals surface area contributed by atoms with Crippen LogP contribution in [0.25, 0.3) is 0 Å². The number of hydrogen-bond donors (Lipinski definition) is 1. The number of methoxy groups -OCH3 is 1. The maximum absolute atomic E-state index is 11.2. The molecule has 0 aliphatic rings. The molecule has 0 bridgehead atoms. The molecule has 0 aromatic heterocycles. The van der Waals surface area contributed by atoms with Crippen molar-refractivity contribution in [3.05, 3.63) is 29.3 Å². The molecular weight excluding hydrogens is 250 g/mol. The number of sulfone groups is 1. The fourth-order valence-corrected chi connectivity index (χ4v) is 2.76. The topological polar surface area (TPSA) is 69.4 Å². The zero-order valence-electron chi connectivity index (χ0n) is 11.1. The van der Waals surface area contributed by atoms with Crippen molar-refractivity contribution in [2.75, 3.05) is 19.1 Å². The van der Waals surface area contributed by atoms with Crippen LogP contribution < -0.4 is 10.5 Å². The lowest BCUT2D eigenvalue weighted by Crippen LogP contribution is -2.21. The van der Waals surface area contributed by atoms with Crippen LogP contribution in [0.15, 0.2) is 18.2 Å². The van der Waals surface area contributed by atoms with Gasteiger partial charge in [0.05, 0.1) is 12.9 Å². The first-order valence-electron chi connectivity index (χ1n) is 5.97. The van der Waals surface area contributed by atoms with Crippen molar-refractivity contribution in [2.24, 2.45) is 5.73 Å². The highest BCUT2D eigenvalue weighted by molar-refractivity contribution is 7.90. The lowest BCUT2D eigenvalue weighted by Gasteiger charge is -2.14. The minimum atomic E-state index is -3.07. The fourth-order valence-electron chi connectivity index (χ4n) is 1.92. The van der Waals surface area contributed by atoms with Crippen molar-refractivity contribution in [2.45, 2.75) is 25.8 Å². The van der Waals surface area contributed by atoms with Crippen LogP contribution in [0.1, 0.15) is 30.5 Å². The molecule has 0 saturated heterocycles. The summed E-state index contributed by atoms with van der Waals surface area (Å²) in [6.45, 7) is 2.09. The molecule has 1 atom stereocenters. The summed E-state index contributed by atoms with van der Waals surface area (Å²) in [5.41, 5.74) is 7.83. The summed E-state index contributed by atoms with van der Waals surface area (Å²) in [5, 5.41) is 0. The zero-order chi connectivity index (χ0) is 13.8. The second kappa shape index (κ2) is 6.20. The van der Waals surface area contributed by atoms with Crippen LogP contribution >= 0.6 is 0 Å². The van der Waals surface area contributed by atoms with Crippen molar-refractivity contribution >= 4 is 9.84 Å². The van der Waals surface area contributed by atoms with Crippen LogP contribution in [0.3, 0.4) is 0 Å². The van der Waals surface area contributed by atoms with Gasteiger partial charge in [-0.3, -0.25) is 0 Å². The quantitative estimate of drug-likeness (QED) is 0.855. The largest absolute Gasteiger partial charge is 0.496 e. The van der Waals surface area contributed by atoms with Gasteiger partial charge in [0.15, 0.2) is 0 Å². The molecule has 0 radical (unpaired) electrons. The summed E-state index contributed by atoms with van der Waals surface area (Å²) >= 11 is 0. The smallest absolute Gasteiger partial charge is 0.149 e. The molecule has 0 fully saturated rings. The molecule has 2 N–H and O–H groups in total. The summed E-state index contributed by atoms with van der Waals surface area (Å²) in [6.07, 6.45) is 3.09. The maximum atomic E-state index is 11.2. The number of nitrogens with two attached hydrogens (primary N) is 1. The Labute approximate surface area is 109 Å². The van der Waals surface area contributed by atoms with E-state index in [2.05, 4.69) is 6.92 Å². The third-order valence-corrected chi connectivity index (χ3v) is 3.70. The monoisotopic (exact) mass is 271 g/mol. The van der Waals surface area contributed by atoms with E-state index in [4.69, 9.17) is 10.5 Å². The molecular formula is C13H21NO3S. The molecule has 0 saturated carbocycles. The van der Waals surface area contributed by atoms with Crippen molar-refractivity contribution < 1.29 is 13.2 Å². The lowest BCUT2D eigenvalue weighted by atomic mass is 10.0. The fraction of sp³-hybridized carbons (Fsp3) is 0.538. The van der Waals surface area contributed by atoms with E-state index >= 15 is 0 Å². The summed E-state index contributed by atoms with van der Waals surface area (Å²) in [5.74, 6) is 0.789. The first-order valence-corrected chi connectivity index (χ1v) is 8.03. The molecule has 0 unspecified atom stereocenters. The Morgan fingerprint density at radius 1 is 1.39 bits per heavy atom. The van der Waals surface area contributed by atoms with E-state index in [9.17, 15) is 8.42 Å². The van der Waals surface area contributed by atoms with Gasteiger partial charge in [-0.1, -0.05) is 25.5 Å². The highest BCUT2D eigenvalue weighted by Gasteiger charge is 2.14. The highest BCUT2D eigenvalue weighted by atomic mass is 32.2. The summed E-state index contributed by atoms with van der Waals surface area (Å²) in [4.78, 5) is 0. The minimum absolute atomic E-state index is 0.0368. The molecule has 0 aliphatic heterocycles. The Hall–Kier alpha value is -1.07. The Balaban J connectivity index is 3.00. The van der Waals surface area contributed by atoms with Crippen LogP contribution in [0.2, 0.25) is 0 Å². The Morgan fingerprint density at radius 2 is 2.06 bits per heavy atom. The van der Waals surface area contributed by atoms with Gasteiger partial charge in [-0.2, -0.15) is 0 Å². The average Bonchev–Trinajstić information content (AvgIpc) is 2.27. The van der Waals surface area contributed by atoms with Gasteiger partial charge in [-0.15, -0.1) is 0 Å². The lowest BCUT2D eigenvalue weighted by molar-refractivity contribution is 0.409. The molecule has 1 aromatic rings. The van der Waals surface area contributed by atoms with Crippen molar-refractivity contribution in [1.82, 2.24) is 0 Å². The third kappa shape index (κ3) is 4.31. The van der Waals surface area contributed by atoms with Gasteiger partial charge in [-0.05, 0) is 23.6 Å². The van der Waals surface area contributed by atoms with E-state index in [1.807, 2.05) is 18.2 Å². The number of ether oxygens (including phenoxy) is 1.